The molecule has 0 bridgehead atoms. The summed E-state index contributed by atoms with van der Waals surface area (Å²) < 4.78 is 11.1. The van der Waals surface area contributed by atoms with Crippen molar-refractivity contribution in [2.75, 3.05) is 20.3 Å². The van der Waals surface area contributed by atoms with Crippen LogP contribution >= 0.6 is 0 Å². The summed E-state index contributed by atoms with van der Waals surface area (Å²) in [5.41, 5.74) is 3.00. The van der Waals surface area contributed by atoms with E-state index in [1.807, 2.05) is 58.0 Å². The lowest BCUT2D eigenvalue weighted by atomic mass is 9.93. The number of benzene rings is 2. The van der Waals surface area contributed by atoms with E-state index in [1.54, 1.807) is 11.0 Å². The number of nitrogens with zero attached hydrogens (tertiary/aromatic N) is 1. The van der Waals surface area contributed by atoms with Crippen LogP contribution in [0.25, 0.3) is 5.76 Å². The lowest BCUT2D eigenvalue weighted by molar-refractivity contribution is -0.139. The molecule has 1 saturated heterocycles. The fourth-order valence-corrected chi connectivity index (χ4v) is 4.24. The summed E-state index contributed by atoms with van der Waals surface area (Å²) in [5, 5.41) is 11.4. The van der Waals surface area contributed by atoms with Crippen molar-refractivity contribution in [2.45, 2.75) is 46.6 Å². The average molecular weight is 438 g/mol. The number of carbonyl (C=O) groups is 2. The molecule has 2 aromatic rings. The SMILES string of the molecule is CCCCN1C(=O)C(=O)/C(=C(/O)c2cc(C)cc(C)c2OC)C1c1ccc(OCC)cc1. The normalized spacial score (nSPS) is 17.7. The number of Topliss-reactive ketones (excluding diaryl/α,β-unsaturated/α-hetero) is 1. The summed E-state index contributed by atoms with van der Waals surface area (Å²) in [6.07, 6.45) is 1.64. The maximum atomic E-state index is 13.1. The Kier molecular flexibility index (Phi) is 7.23. The van der Waals surface area contributed by atoms with E-state index < -0.39 is 17.7 Å². The minimum absolute atomic E-state index is 0.0820. The van der Waals surface area contributed by atoms with Crippen LogP contribution in [0.1, 0.15) is 55.0 Å². The number of likely N-dealkylation sites (tertiary alicyclic amines) is 1. The minimum Gasteiger partial charge on any atom is -0.507 e. The summed E-state index contributed by atoms with van der Waals surface area (Å²) in [6.45, 7) is 8.70. The van der Waals surface area contributed by atoms with Crippen LogP contribution in [-0.2, 0) is 9.59 Å². The fourth-order valence-electron chi connectivity index (χ4n) is 4.24. The largest absolute Gasteiger partial charge is 0.507 e. The Labute approximate surface area is 189 Å². The highest BCUT2D eigenvalue weighted by Crippen LogP contribution is 2.42. The first-order chi connectivity index (χ1) is 15.3. The van der Waals surface area contributed by atoms with Crippen LogP contribution in [-0.4, -0.2) is 42.0 Å². The molecular weight excluding hydrogens is 406 g/mol. The van der Waals surface area contributed by atoms with E-state index in [4.69, 9.17) is 9.47 Å². The molecule has 0 radical (unpaired) electrons. The van der Waals surface area contributed by atoms with E-state index in [1.165, 1.54) is 7.11 Å². The van der Waals surface area contributed by atoms with Crippen LogP contribution in [0, 0.1) is 13.8 Å². The summed E-state index contributed by atoms with van der Waals surface area (Å²) >= 11 is 0. The average Bonchev–Trinajstić information content (AvgIpc) is 3.02. The molecule has 1 unspecified atom stereocenters. The quantitative estimate of drug-likeness (QED) is 0.360. The Morgan fingerprint density at radius 2 is 1.78 bits per heavy atom. The van der Waals surface area contributed by atoms with Gasteiger partial charge < -0.3 is 19.5 Å². The summed E-state index contributed by atoms with van der Waals surface area (Å²) in [5.74, 6) is -0.304. The zero-order valence-electron chi connectivity index (χ0n) is 19.4. The number of hydrogen-bond acceptors (Lipinski definition) is 5. The van der Waals surface area contributed by atoms with Crippen molar-refractivity contribution >= 4 is 17.4 Å². The number of amides is 1. The van der Waals surface area contributed by atoms with E-state index in [2.05, 4.69) is 0 Å². The predicted octanol–water partition coefficient (Wildman–Crippen LogP) is 4.93. The third-order valence-electron chi connectivity index (χ3n) is 5.68. The van der Waals surface area contributed by atoms with Crippen molar-refractivity contribution in [1.82, 2.24) is 4.90 Å². The lowest BCUT2D eigenvalue weighted by Crippen LogP contribution is -2.30. The number of aliphatic hydroxyl groups excluding tert-OH is 1. The monoisotopic (exact) mass is 437 g/mol. The molecule has 3 rings (SSSR count). The van der Waals surface area contributed by atoms with Crippen molar-refractivity contribution in [3.05, 3.63) is 64.2 Å². The molecular formula is C26H31NO5. The highest BCUT2D eigenvalue weighted by atomic mass is 16.5. The second kappa shape index (κ2) is 9.90. The van der Waals surface area contributed by atoms with Crippen LogP contribution in [0.15, 0.2) is 42.0 Å². The third kappa shape index (κ3) is 4.35. The van der Waals surface area contributed by atoms with Gasteiger partial charge in [0.1, 0.15) is 17.3 Å². The molecule has 1 aliphatic heterocycles. The van der Waals surface area contributed by atoms with E-state index in [0.717, 1.165) is 29.5 Å². The number of rotatable bonds is 8. The van der Waals surface area contributed by atoms with Gasteiger partial charge in [0.05, 0.1) is 30.9 Å². The van der Waals surface area contributed by atoms with Gasteiger partial charge in [-0.1, -0.05) is 31.5 Å². The van der Waals surface area contributed by atoms with Crippen molar-refractivity contribution in [1.29, 1.82) is 0 Å². The van der Waals surface area contributed by atoms with Gasteiger partial charge in [0, 0.05) is 6.54 Å². The van der Waals surface area contributed by atoms with Crippen LogP contribution < -0.4 is 9.47 Å². The van der Waals surface area contributed by atoms with Crippen LogP contribution in [0.3, 0.4) is 0 Å². The van der Waals surface area contributed by atoms with Crippen LogP contribution in [0.4, 0.5) is 0 Å². The van der Waals surface area contributed by atoms with Gasteiger partial charge in [0.2, 0.25) is 0 Å². The summed E-state index contributed by atoms with van der Waals surface area (Å²) in [7, 11) is 1.53. The Morgan fingerprint density at radius 1 is 1.09 bits per heavy atom. The maximum absolute atomic E-state index is 13.1. The molecule has 1 aliphatic rings. The van der Waals surface area contributed by atoms with Gasteiger partial charge in [-0.2, -0.15) is 0 Å². The second-order valence-electron chi connectivity index (χ2n) is 8.01. The molecule has 6 heteroatoms. The van der Waals surface area contributed by atoms with Crippen molar-refractivity contribution in [3.63, 3.8) is 0 Å². The first-order valence-corrected chi connectivity index (χ1v) is 11.0. The molecule has 0 aromatic heterocycles. The Balaban J connectivity index is 2.21. The Morgan fingerprint density at radius 3 is 2.38 bits per heavy atom. The first-order valence-electron chi connectivity index (χ1n) is 11.0. The zero-order chi connectivity index (χ0) is 23.4. The molecule has 1 atom stereocenters. The van der Waals surface area contributed by atoms with Crippen LogP contribution in [0.5, 0.6) is 11.5 Å². The van der Waals surface area contributed by atoms with Gasteiger partial charge in [-0.25, -0.2) is 0 Å². The summed E-state index contributed by atoms with van der Waals surface area (Å²) in [4.78, 5) is 27.7. The van der Waals surface area contributed by atoms with Crippen molar-refractivity contribution < 1.29 is 24.2 Å². The highest BCUT2D eigenvalue weighted by Gasteiger charge is 2.46. The highest BCUT2D eigenvalue weighted by molar-refractivity contribution is 6.46. The lowest BCUT2D eigenvalue weighted by Gasteiger charge is -2.25. The third-order valence-corrected chi connectivity index (χ3v) is 5.68. The van der Waals surface area contributed by atoms with Gasteiger partial charge in [-0.3, -0.25) is 9.59 Å². The zero-order valence-corrected chi connectivity index (χ0v) is 19.4. The van der Waals surface area contributed by atoms with Gasteiger partial charge in [0.25, 0.3) is 11.7 Å². The number of ether oxygens (including phenoxy) is 2. The molecule has 1 heterocycles. The number of methoxy groups -OCH3 is 1. The fraction of sp³-hybridized carbons (Fsp3) is 0.385. The predicted molar refractivity (Wildman–Crippen MR) is 124 cm³/mol. The number of hydrogen-bond donors (Lipinski definition) is 1. The van der Waals surface area contributed by atoms with Crippen molar-refractivity contribution in [3.8, 4) is 11.5 Å². The molecule has 170 valence electrons. The number of unbranched alkanes of at least 4 members (excludes halogenated alkanes) is 1. The molecule has 0 saturated carbocycles. The van der Waals surface area contributed by atoms with Crippen molar-refractivity contribution in [2.24, 2.45) is 0 Å². The number of ketones is 1. The van der Waals surface area contributed by atoms with Gasteiger partial charge in [0.15, 0.2) is 0 Å². The molecule has 2 aromatic carbocycles. The number of carbonyl (C=O) groups excluding carboxylic acids is 2. The topological polar surface area (TPSA) is 76.1 Å². The number of aliphatic hydroxyl groups is 1. The molecule has 1 fully saturated rings. The van der Waals surface area contributed by atoms with E-state index in [-0.39, 0.29) is 11.3 Å². The summed E-state index contributed by atoms with van der Waals surface area (Å²) in [6, 6.07) is 10.4. The Bertz CT molecular complexity index is 1040. The standard InChI is InChI=1S/C26H31NO5/c1-6-8-13-27-22(18-9-11-19(12-10-18)32-7-2)21(24(29)26(27)30)23(28)20-15-16(3)14-17(4)25(20)31-5/h9-12,14-15,22,28H,6-8,13H2,1-5H3/b23-21+. The van der Waals surface area contributed by atoms with Gasteiger partial charge in [-0.15, -0.1) is 0 Å². The molecule has 6 nitrogen and oxygen atoms in total. The molecule has 1 N–H and O–H groups in total. The van der Waals surface area contributed by atoms with Gasteiger partial charge in [-0.05, 0) is 62.1 Å². The minimum atomic E-state index is -0.682. The number of aryl methyl sites for hydroxylation is 2. The molecule has 0 spiro atoms. The molecule has 0 aliphatic carbocycles. The molecule has 1 amide bonds. The maximum Gasteiger partial charge on any atom is 0.295 e. The van der Waals surface area contributed by atoms with Crippen LogP contribution in [0.2, 0.25) is 0 Å². The molecule has 32 heavy (non-hydrogen) atoms. The van der Waals surface area contributed by atoms with E-state index >= 15 is 0 Å². The van der Waals surface area contributed by atoms with E-state index in [0.29, 0.717) is 30.2 Å². The second-order valence-corrected chi connectivity index (χ2v) is 8.01. The van der Waals surface area contributed by atoms with E-state index in [9.17, 15) is 14.7 Å². The smallest absolute Gasteiger partial charge is 0.295 e. The Hall–Kier alpha value is -3.28. The first kappa shape index (κ1) is 23.4. The van der Waals surface area contributed by atoms with Gasteiger partial charge >= 0.3 is 0 Å².